The molecule has 1 aliphatic heterocycles. The topological polar surface area (TPSA) is 9.23 Å². The Bertz CT molecular complexity index is 318. The molecule has 0 N–H and O–H groups in total. The summed E-state index contributed by atoms with van der Waals surface area (Å²) < 4.78 is 6.83. The van der Waals surface area contributed by atoms with Crippen LogP contribution in [0.4, 0.5) is 0 Å². The molecule has 0 fully saturated rings. The Morgan fingerprint density at radius 3 is 2.92 bits per heavy atom. The summed E-state index contributed by atoms with van der Waals surface area (Å²) >= 11 is 3.42. The molecule has 0 amide bonds. The molecule has 1 aromatic carbocycles. The number of ether oxygens (including phenoxy) is 1. The molecule has 0 aromatic heterocycles. The molecule has 0 spiro atoms. The SMILES string of the molecule is CC1(C)Cc2ccc(Br)cc2O1. The van der Waals surface area contributed by atoms with E-state index in [1.807, 2.05) is 6.07 Å². The van der Waals surface area contributed by atoms with Crippen LogP contribution >= 0.6 is 15.9 Å². The fourth-order valence-electron chi connectivity index (χ4n) is 1.56. The number of benzene rings is 1. The largest absolute Gasteiger partial charge is 0.487 e. The van der Waals surface area contributed by atoms with Crippen LogP contribution in [-0.4, -0.2) is 5.60 Å². The first-order chi connectivity index (χ1) is 5.57. The van der Waals surface area contributed by atoms with Crippen LogP contribution in [0.25, 0.3) is 0 Å². The van der Waals surface area contributed by atoms with Gasteiger partial charge in [0.25, 0.3) is 0 Å². The van der Waals surface area contributed by atoms with Gasteiger partial charge >= 0.3 is 0 Å². The second-order valence-electron chi connectivity index (χ2n) is 3.79. The molecule has 0 aliphatic carbocycles. The highest BCUT2D eigenvalue weighted by molar-refractivity contribution is 9.10. The first-order valence-electron chi connectivity index (χ1n) is 4.04. The van der Waals surface area contributed by atoms with Gasteiger partial charge in [-0.3, -0.25) is 0 Å². The summed E-state index contributed by atoms with van der Waals surface area (Å²) in [6.07, 6.45) is 1.01. The quantitative estimate of drug-likeness (QED) is 0.661. The van der Waals surface area contributed by atoms with Gasteiger partial charge in [0.05, 0.1) is 0 Å². The van der Waals surface area contributed by atoms with Crippen LogP contribution < -0.4 is 4.74 Å². The molecule has 0 radical (unpaired) electrons. The Morgan fingerprint density at radius 2 is 2.17 bits per heavy atom. The van der Waals surface area contributed by atoms with Gasteiger partial charge in [-0.2, -0.15) is 0 Å². The summed E-state index contributed by atoms with van der Waals surface area (Å²) in [6.45, 7) is 4.22. The minimum absolute atomic E-state index is 0.0247. The van der Waals surface area contributed by atoms with Crippen molar-refractivity contribution in [2.75, 3.05) is 0 Å². The van der Waals surface area contributed by atoms with Crippen LogP contribution in [0.3, 0.4) is 0 Å². The Morgan fingerprint density at radius 1 is 1.42 bits per heavy atom. The van der Waals surface area contributed by atoms with Crippen LogP contribution in [-0.2, 0) is 6.42 Å². The highest BCUT2D eigenvalue weighted by atomic mass is 79.9. The smallest absolute Gasteiger partial charge is 0.124 e. The Kier molecular flexibility index (Phi) is 1.69. The van der Waals surface area contributed by atoms with E-state index in [1.54, 1.807) is 0 Å². The monoisotopic (exact) mass is 226 g/mol. The molecule has 64 valence electrons. The lowest BCUT2D eigenvalue weighted by atomic mass is 10.0. The van der Waals surface area contributed by atoms with Crippen molar-refractivity contribution in [3.63, 3.8) is 0 Å². The molecule has 0 atom stereocenters. The minimum atomic E-state index is -0.0247. The van der Waals surface area contributed by atoms with Gasteiger partial charge in [0.1, 0.15) is 11.4 Å². The third kappa shape index (κ3) is 1.36. The molecule has 2 rings (SSSR count). The van der Waals surface area contributed by atoms with Crippen molar-refractivity contribution in [2.45, 2.75) is 25.9 Å². The van der Waals surface area contributed by atoms with E-state index in [4.69, 9.17) is 4.74 Å². The Balaban J connectivity index is 2.43. The van der Waals surface area contributed by atoms with Crippen molar-refractivity contribution in [2.24, 2.45) is 0 Å². The van der Waals surface area contributed by atoms with E-state index in [0.717, 1.165) is 16.6 Å². The predicted octanol–water partition coefficient (Wildman–Crippen LogP) is 3.16. The van der Waals surface area contributed by atoms with Gasteiger partial charge in [0.15, 0.2) is 0 Å². The Hall–Kier alpha value is -0.500. The lowest BCUT2D eigenvalue weighted by Crippen LogP contribution is -2.24. The van der Waals surface area contributed by atoms with E-state index in [2.05, 4.69) is 41.9 Å². The maximum Gasteiger partial charge on any atom is 0.124 e. The van der Waals surface area contributed by atoms with Crippen LogP contribution in [0.5, 0.6) is 5.75 Å². The number of hydrogen-bond donors (Lipinski definition) is 0. The lowest BCUT2D eigenvalue weighted by molar-refractivity contribution is 0.138. The molecule has 0 bridgehead atoms. The van der Waals surface area contributed by atoms with Crippen LogP contribution in [0.15, 0.2) is 22.7 Å². The van der Waals surface area contributed by atoms with Gasteiger partial charge in [0, 0.05) is 10.9 Å². The van der Waals surface area contributed by atoms with Crippen molar-refractivity contribution in [3.05, 3.63) is 28.2 Å². The first kappa shape index (κ1) is 8.11. The highest BCUT2D eigenvalue weighted by Gasteiger charge is 2.29. The van der Waals surface area contributed by atoms with Gasteiger partial charge in [-0.15, -0.1) is 0 Å². The first-order valence-corrected chi connectivity index (χ1v) is 4.84. The summed E-state index contributed by atoms with van der Waals surface area (Å²) in [7, 11) is 0. The summed E-state index contributed by atoms with van der Waals surface area (Å²) in [5.74, 6) is 1.02. The number of fused-ring (bicyclic) bond motifs is 1. The maximum absolute atomic E-state index is 5.75. The van der Waals surface area contributed by atoms with Crippen molar-refractivity contribution in [1.82, 2.24) is 0 Å². The van der Waals surface area contributed by atoms with Gasteiger partial charge in [0.2, 0.25) is 0 Å². The Labute approximate surface area is 80.9 Å². The average Bonchev–Trinajstić information content (AvgIpc) is 2.21. The van der Waals surface area contributed by atoms with E-state index < -0.39 is 0 Å². The third-order valence-electron chi connectivity index (χ3n) is 2.03. The van der Waals surface area contributed by atoms with E-state index >= 15 is 0 Å². The molecule has 2 heteroatoms. The van der Waals surface area contributed by atoms with Crippen LogP contribution in [0.1, 0.15) is 19.4 Å². The zero-order valence-electron chi connectivity index (χ0n) is 7.23. The van der Waals surface area contributed by atoms with Crippen LogP contribution in [0.2, 0.25) is 0 Å². The molecule has 0 saturated heterocycles. The van der Waals surface area contributed by atoms with Gasteiger partial charge < -0.3 is 4.74 Å². The summed E-state index contributed by atoms with van der Waals surface area (Å²) in [5.41, 5.74) is 1.28. The molecule has 1 nitrogen and oxygen atoms in total. The second-order valence-corrected chi connectivity index (χ2v) is 4.71. The minimum Gasteiger partial charge on any atom is -0.487 e. The third-order valence-corrected chi connectivity index (χ3v) is 2.52. The summed E-state index contributed by atoms with van der Waals surface area (Å²) in [5, 5.41) is 0. The van der Waals surface area contributed by atoms with Crippen molar-refractivity contribution in [3.8, 4) is 5.75 Å². The molecule has 1 aliphatic rings. The normalized spacial score (nSPS) is 18.6. The van der Waals surface area contributed by atoms with Crippen molar-refractivity contribution < 1.29 is 4.74 Å². The van der Waals surface area contributed by atoms with E-state index in [1.165, 1.54) is 5.56 Å². The van der Waals surface area contributed by atoms with Crippen molar-refractivity contribution >= 4 is 15.9 Å². The molecule has 0 saturated carbocycles. The van der Waals surface area contributed by atoms with Gasteiger partial charge in [-0.25, -0.2) is 0 Å². The summed E-state index contributed by atoms with van der Waals surface area (Å²) in [6, 6.07) is 6.21. The van der Waals surface area contributed by atoms with E-state index in [0.29, 0.717) is 0 Å². The fourth-order valence-corrected chi connectivity index (χ4v) is 1.90. The molecule has 1 heterocycles. The van der Waals surface area contributed by atoms with Crippen LogP contribution in [0, 0.1) is 0 Å². The number of halogens is 1. The number of hydrogen-bond acceptors (Lipinski definition) is 1. The molecule has 12 heavy (non-hydrogen) atoms. The molecule has 1 aromatic rings. The predicted molar refractivity (Wildman–Crippen MR) is 52.6 cm³/mol. The van der Waals surface area contributed by atoms with E-state index in [9.17, 15) is 0 Å². The lowest BCUT2D eigenvalue weighted by Gasteiger charge is -2.16. The maximum atomic E-state index is 5.75. The molecular formula is C10H11BrO. The van der Waals surface area contributed by atoms with Crippen molar-refractivity contribution in [1.29, 1.82) is 0 Å². The fraction of sp³-hybridized carbons (Fsp3) is 0.400. The van der Waals surface area contributed by atoms with Gasteiger partial charge in [-0.1, -0.05) is 22.0 Å². The zero-order valence-corrected chi connectivity index (χ0v) is 8.81. The summed E-state index contributed by atoms with van der Waals surface area (Å²) in [4.78, 5) is 0. The zero-order chi connectivity index (χ0) is 8.77. The van der Waals surface area contributed by atoms with Gasteiger partial charge in [-0.05, 0) is 31.5 Å². The second kappa shape index (κ2) is 2.49. The van der Waals surface area contributed by atoms with E-state index in [-0.39, 0.29) is 5.60 Å². The number of rotatable bonds is 0. The highest BCUT2D eigenvalue weighted by Crippen LogP contribution is 2.36. The molecular weight excluding hydrogens is 216 g/mol. The average molecular weight is 227 g/mol. The standard InChI is InChI=1S/C10H11BrO/c1-10(2)6-7-3-4-8(11)5-9(7)12-10/h3-5H,6H2,1-2H3. The molecule has 0 unspecified atom stereocenters.